The van der Waals surface area contributed by atoms with E-state index in [2.05, 4.69) is 29.8 Å². The summed E-state index contributed by atoms with van der Waals surface area (Å²) >= 11 is 3.39. The predicted octanol–water partition coefficient (Wildman–Crippen LogP) is 4.80. The molecule has 1 fully saturated rings. The summed E-state index contributed by atoms with van der Waals surface area (Å²) in [4.78, 5) is 11.8. The van der Waals surface area contributed by atoms with Gasteiger partial charge < -0.3 is 5.11 Å². The second kappa shape index (κ2) is 5.47. The van der Waals surface area contributed by atoms with Crippen LogP contribution >= 0.6 is 15.9 Å². The van der Waals surface area contributed by atoms with Crippen molar-refractivity contribution >= 4 is 21.9 Å². The summed E-state index contributed by atoms with van der Waals surface area (Å²) in [6.07, 6.45) is 3.48. The maximum atomic E-state index is 13.4. The van der Waals surface area contributed by atoms with E-state index in [1.54, 1.807) is 6.07 Å². The molecule has 0 aromatic heterocycles. The van der Waals surface area contributed by atoms with Crippen LogP contribution in [0.4, 0.5) is 4.39 Å². The molecule has 20 heavy (non-hydrogen) atoms. The predicted molar refractivity (Wildman–Crippen MR) is 80.1 cm³/mol. The van der Waals surface area contributed by atoms with Gasteiger partial charge >= 0.3 is 5.97 Å². The van der Waals surface area contributed by atoms with Gasteiger partial charge in [0.1, 0.15) is 5.82 Å². The van der Waals surface area contributed by atoms with E-state index >= 15 is 0 Å². The molecular weight excluding hydrogens is 323 g/mol. The fraction of sp³-hybridized carbons (Fsp3) is 0.562. The van der Waals surface area contributed by atoms with Crippen LogP contribution in [0.3, 0.4) is 0 Å². The highest BCUT2D eigenvalue weighted by atomic mass is 79.9. The highest BCUT2D eigenvalue weighted by Gasteiger charge is 2.44. The standard InChI is InChI=1S/C16H20BrFO2/c1-15(2)5-7-16(8-6-15,14(19)20)10-11-9-12(18)3-4-13(11)17/h3-4,9H,5-8,10H2,1-2H3,(H,19,20). The Morgan fingerprint density at radius 1 is 1.30 bits per heavy atom. The second-order valence-electron chi connectivity index (χ2n) is 6.66. The van der Waals surface area contributed by atoms with Crippen LogP contribution in [-0.2, 0) is 11.2 Å². The minimum atomic E-state index is -0.760. The molecule has 0 atom stereocenters. The van der Waals surface area contributed by atoms with E-state index in [0.717, 1.165) is 22.9 Å². The number of carboxylic acids is 1. The molecule has 0 bridgehead atoms. The van der Waals surface area contributed by atoms with E-state index in [0.29, 0.717) is 19.3 Å². The summed E-state index contributed by atoms with van der Waals surface area (Å²) in [6, 6.07) is 4.46. The molecule has 0 heterocycles. The van der Waals surface area contributed by atoms with E-state index < -0.39 is 11.4 Å². The zero-order chi connectivity index (χ0) is 15.0. The number of hydrogen-bond donors (Lipinski definition) is 1. The lowest BCUT2D eigenvalue weighted by Gasteiger charge is -2.41. The minimum absolute atomic E-state index is 0.206. The molecule has 4 heteroatoms. The highest BCUT2D eigenvalue weighted by Crippen LogP contribution is 2.47. The summed E-state index contributed by atoms with van der Waals surface area (Å²) in [5.74, 6) is -1.08. The first kappa shape index (κ1) is 15.5. The molecule has 1 aromatic rings. The molecule has 1 N–H and O–H groups in total. The van der Waals surface area contributed by atoms with E-state index in [9.17, 15) is 14.3 Å². The van der Waals surface area contributed by atoms with E-state index in [-0.39, 0.29) is 11.2 Å². The third kappa shape index (κ3) is 3.22. The van der Waals surface area contributed by atoms with Crippen LogP contribution < -0.4 is 0 Å². The lowest BCUT2D eigenvalue weighted by Crippen LogP contribution is -2.39. The van der Waals surface area contributed by atoms with Crippen molar-refractivity contribution in [2.75, 3.05) is 0 Å². The van der Waals surface area contributed by atoms with Crippen LogP contribution in [0.2, 0.25) is 0 Å². The van der Waals surface area contributed by atoms with Crippen LogP contribution in [0.5, 0.6) is 0 Å². The van der Waals surface area contributed by atoms with Gasteiger partial charge in [0.25, 0.3) is 0 Å². The van der Waals surface area contributed by atoms with Crippen molar-refractivity contribution in [3.05, 3.63) is 34.1 Å². The Balaban J connectivity index is 2.27. The van der Waals surface area contributed by atoms with E-state index in [1.165, 1.54) is 12.1 Å². The molecule has 2 rings (SSSR count). The van der Waals surface area contributed by atoms with Gasteiger partial charge in [-0.15, -0.1) is 0 Å². The smallest absolute Gasteiger partial charge is 0.309 e. The SMILES string of the molecule is CC1(C)CCC(Cc2cc(F)ccc2Br)(C(=O)O)CC1. The largest absolute Gasteiger partial charge is 0.481 e. The van der Waals surface area contributed by atoms with Gasteiger partial charge in [0.2, 0.25) is 0 Å². The fourth-order valence-corrected chi connectivity index (χ4v) is 3.30. The molecule has 0 unspecified atom stereocenters. The molecule has 1 saturated carbocycles. The van der Waals surface area contributed by atoms with Gasteiger partial charge in [-0.2, -0.15) is 0 Å². The molecular formula is C16H20BrFO2. The van der Waals surface area contributed by atoms with Gasteiger partial charge in [-0.1, -0.05) is 29.8 Å². The first-order valence-electron chi connectivity index (χ1n) is 6.92. The van der Waals surface area contributed by atoms with Crippen LogP contribution in [0.15, 0.2) is 22.7 Å². The summed E-state index contributed by atoms with van der Waals surface area (Å²) in [6.45, 7) is 4.35. The van der Waals surface area contributed by atoms with Gasteiger partial charge in [-0.25, -0.2) is 4.39 Å². The fourth-order valence-electron chi connectivity index (χ4n) is 2.91. The first-order valence-corrected chi connectivity index (χ1v) is 7.71. The Bertz CT molecular complexity index is 515. The Morgan fingerprint density at radius 3 is 2.45 bits per heavy atom. The number of carboxylic acid groups (broad SMARTS) is 1. The topological polar surface area (TPSA) is 37.3 Å². The van der Waals surface area contributed by atoms with Gasteiger partial charge in [0, 0.05) is 4.47 Å². The van der Waals surface area contributed by atoms with Crippen LogP contribution in [0.25, 0.3) is 0 Å². The van der Waals surface area contributed by atoms with Crippen molar-refractivity contribution < 1.29 is 14.3 Å². The summed E-state index contributed by atoms with van der Waals surface area (Å²) in [5, 5.41) is 9.67. The van der Waals surface area contributed by atoms with Crippen LogP contribution in [-0.4, -0.2) is 11.1 Å². The maximum absolute atomic E-state index is 13.4. The van der Waals surface area contributed by atoms with Crippen molar-refractivity contribution in [3.63, 3.8) is 0 Å². The molecule has 0 amide bonds. The van der Waals surface area contributed by atoms with E-state index in [4.69, 9.17) is 0 Å². The summed E-state index contributed by atoms with van der Waals surface area (Å²) in [7, 11) is 0. The number of hydrogen-bond acceptors (Lipinski definition) is 1. The third-order valence-corrected chi connectivity index (χ3v) is 5.32. The van der Waals surface area contributed by atoms with Crippen molar-refractivity contribution in [2.24, 2.45) is 10.8 Å². The molecule has 2 nitrogen and oxygen atoms in total. The van der Waals surface area contributed by atoms with Gasteiger partial charge in [-0.3, -0.25) is 4.79 Å². The molecule has 1 aromatic carbocycles. The third-order valence-electron chi connectivity index (χ3n) is 4.55. The zero-order valence-electron chi connectivity index (χ0n) is 11.9. The van der Waals surface area contributed by atoms with Gasteiger partial charge in [0.05, 0.1) is 5.41 Å². The van der Waals surface area contributed by atoms with Gasteiger partial charge in [0.15, 0.2) is 0 Å². The monoisotopic (exact) mass is 342 g/mol. The Kier molecular flexibility index (Phi) is 4.24. The summed E-state index contributed by atoms with van der Waals surface area (Å²) in [5.41, 5.74) is 0.191. The van der Waals surface area contributed by atoms with Crippen LogP contribution in [0, 0.1) is 16.6 Å². The molecule has 0 saturated heterocycles. The Labute approximate surface area is 127 Å². The average Bonchev–Trinajstić information content (AvgIpc) is 2.36. The number of carbonyl (C=O) groups is 1. The highest BCUT2D eigenvalue weighted by molar-refractivity contribution is 9.10. The van der Waals surface area contributed by atoms with E-state index in [1.807, 2.05) is 0 Å². The molecule has 0 radical (unpaired) electrons. The minimum Gasteiger partial charge on any atom is -0.481 e. The normalized spacial score (nSPS) is 20.6. The number of benzene rings is 1. The van der Waals surface area contributed by atoms with Crippen molar-refractivity contribution in [1.29, 1.82) is 0 Å². The quantitative estimate of drug-likeness (QED) is 0.856. The molecule has 0 spiro atoms. The lowest BCUT2D eigenvalue weighted by molar-refractivity contribution is -0.152. The average molecular weight is 343 g/mol. The zero-order valence-corrected chi connectivity index (χ0v) is 13.5. The lowest BCUT2D eigenvalue weighted by atomic mass is 9.63. The van der Waals surface area contributed by atoms with Crippen LogP contribution in [0.1, 0.15) is 45.1 Å². The molecule has 1 aliphatic rings. The van der Waals surface area contributed by atoms with Gasteiger partial charge in [-0.05, 0) is 61.3 Å². The number of aliphatic carboxylic acids is 1. The Hall–Kier alpha value is -0.900. The molecule has 1 aliphatic carbocycles. The first-order chi connectivity index (χ1) is 9.24. The van der Waals surface area contributed by atoms with Crippen molar-refractivity contribution in [2.45, 2.75) is 46.0 Å². The summed E-state index contributed by atoms with van der Waals surface area (Å²) < 4.78 is 14.2. The molecule has 110 valence electrons. The second-order valence-corrected chi connectivity index (χ2v) is 7.52. The Morgan fingerprint density at radius 2 is 1.90 bits per heavy atom. The maximum Gasteiger partial charge on any atom is 0.309 e. The number of halogens is 2. The van der Waals surface area contributed by atoms with Crippen molar-refractivity contribution in [3.8, 4) is 0 Å². The molecule has 0 aliphatic heterocycles. The van der Waals surface area contributed by atoms with Crippen molar-refractivity contribution in [1.82, 2.24) is 0 Å². The number of rotatable bonds is 3.